The van der Waals surface area contributed by atoms with Crippen molar-refractivity contribution in [2.24, 2.45) is 0 Å². The summed E-state index contributed by atoms with van der Waals surface area (Å²) in [5, 5.41) is 10.6. The molecule has 108 valence electrons. The number of nitrogens with zero attached hydrogens (tertiary/aromatic N) is 2. The van der Waals surface area contributed by atoms with E-state index in [1.165, 1.54) is 18.2 Å². The second kappa shape index (κ2) is 5.37. The minimum atomic E-state index is -0.492. The van der Waals surface area contributed by atoms with Crippen molar-refractivity contribution in [3.05, 3.63) is 47.2 Å². The van der Waals surface area contributed by atoms with Crippen LogP contribution in [0.3, 0.4) is 0 Å². The normalized spacial score (nSPS) is 11.2. The van der Waals surface area contributed by atoms with Crippen molar-refractivity contribution in [2.75, 3.05) is 0 Å². The average Bonchev–Trinajstić information content (AvgIpc) is 2.77. The lowest BCUT2D eigenvalue weighted by molar-refractivity contribution is 0.470. The van der Waals surface area contributed by atoms with Crippen LogP contribution in [0.2, 0.25) is 5.02 Å². The zero-order valence-electron chi connectivity index (χ0n) is 11.5. The molecule has 1 aromatic heterocycles. The number of benzene rings is 2. The molecule has 0 saturated heterocycles. The molecule has 0 atom stereocenters. The van der Waals surface area contributed by atoms with Crippen LogP contribution in [0.4, 0.5) is 4.39 Å². The molecular weight excluding hydrogens is 291 g/mol. The second-order valence-electron chi connectivity index (χ2n) is 4.85. The molecule has 0 spiro atoms. The van der Waals surface area contributed by atoms with E-state index in [2.05, 4.69) is 4.98 Å². The highest BCUT2D eigenvalue weighted by atomic mass is 35.5. The molecule has 5 heteroatoms. The van der Waals surface area contributed by atoms with Crippen LogP contribution in [-0.4, -0.2) is 14.7 Å². The molecule has 0 fully saturated rings. The van der Waals surface area contributed by atoms with Gasteiger partial charge in [-0.05, 0) is 36.8 Å². The van der Waals surface area contributed by atoms with Gasteiger partial charge in [0.25, 0.3) is 0 Å². The summed E-state index contributed by atoms with van der Waals surface area (Å²) in [7, 11) is 0. The van der Waals surface area contributed by atoms with Gasteiger partial charge in [0.2, 0.25) is 0 Å². The number of hydrogen-bond acceptors (Lipinski definition) is 2. The van der Waals surface area contributed by atoms with Gasteiger partial charge in [0.05, 0.1) is 16.6 Å². The molecule has 1 N–H and O–H groups in total. The fraction of sp³-hybridized carbons (Fsp3) is 0.188. The van der Waals surface area contributed by atoms with E-state index in [0.29, 0.717) is 22.9 Å². The molecule has 0 saturated carbocycles. The predicted molar refractivity (Wildman–Crippen MR) is 82.1 cm³/mol. The van der Waals surface area contributed by atoms with E-state index in [1.807, 2.05) is 17.6 Å². The summed E-state index contributed by atoms with van der Waals surface area (Å²) in [6, 6.07) is 9.63. The van der Waals surface area contributed by atoms with Crippen molar-refractivity contribution in [3.8, 4) is 17.1 Å². The van der Waals surface area contributed by atoms with E-state index < -0.39 is 5.82 Å². The molecule has 2 aromatic carbocycles. The van der Waals surface area contributed by atoms with Gasteiger partial charge in [-0.1, -0.05) is 24.6 Å². The van der Waals surface area contributed by atoms with Gasteiger partial charge >= 0.3 is 0 Å². The number of halogens is 2. The molecule has 3 aromatic rings. The van der Waals surface area contributed by atoms with Gasteiger partial charge in [-0.15, -0.1) is 0 Å². The molecule has 3 nitrogen and oxygen atoms in total. The van der Waals surface area contributed by atoms with Crippen LogP contribution in [-0.2, 0) is 6.54 Å². The monoisotopic (exact) mass is 304 g/mol. The van der Waals surface area contributed by atoms with Crippen molar-refractivity contribution in [1.29, 1.82) is 0 Å². The summed E-state index contributed by atoms with van der Waals surface area (Å²) < 4.78 is 16.0. The number of phenols is 1. The van der Waals surface area contributed by atoms with Crippen LogP contribution in [0.5, 0.6) is 5.75 Å². The number of fused-ring (bicyclic) bond motifs is 1. The fourth-order valence-electron chi connectivity index (χ4n) is 2.48. The van der Waals surface area contributed by atoms with Gasteiger partial charge in [0.1, 0.15) is 17.4 Å². The van der Waals surface area contributed by atoms with Crippen LogP contribution in [0.1, 0.15) is 13.3 Å². The molecule has 1 heterocycles. The number of aromatic hydroxyl groups is 1. The van der Waals surface area contributed by atoms with Gasteiger partial charge in [-0.2, -0.15) is 0 Å². The van der Waals surface area contributed by atoms with Crippen molar-refractivity contribution in [2.45, 2.75) is 19.9 Å². The zero-order valence-corrected chi connectivity index (χ0v) is 12.2. The van der Waals surface area contributed by atoms with E-state index in [4.69, 9.17) is 11.6 Å². The average molecular weight is 305 g/mol. The van der Waals surface area contributed by atoms with Crippen molar-refractivity contribution in [3.63, 3.8) is 0 Å². The maximum absolute atomic E-state index is 14.1. The number of aryl methyl sites for hydroxylation is 1. The van der Waals surface area contributed by atoms with Gasteiger partial charge in [-0.25, -0.2) is 9.37 Å². The fourth-order valence-corrected chi connectivity index (χ4v) is 2.64. The molecule has 0 aliphatic carbocycles. The highest BCUT2D eigenvalue weighted by Gasteiger charge is 2.18. The molecule has 0 unspecified atom stereocenters. The van der Waals surface area contributed by atoms with Crippen LogP contribution >= 0.6 is 11.6 Å². The molecule has 21 heavy (non-hydrogen) atoms. The summed E-state index contributed by atoms with van der Waals surface area (Å²) in [6.07, 6.45) is 0.871. The summed E-state index contributed by atoms with van der Waals surface area (Å²) in [5.41, 5.74) is 1.69. The van der Waals surface area contributed by atoms with Crippen LogP contribution in [0.15, 0.2) is 36.4 Å². The van der Waals surface area contributed by atoms with Crippen LogP contribution in [0.25, 0.3) is 22.4 Å². The standard InChI is InChI=1S/C16H14ClFN2O/c1-2-8-20-13-7-6-10(17)9-12(13)19-16(20)15-11(18)4-3-5-14(15)21/h3-7,9,21H,2,8H2,1H3. The van der Waals surface area contributed by atoms with E-state index in [1.54, 1.807) is 12.1 Å². The number of aromatic nitrogens is 2. The summed E-state index contributed by atoms with van der Waals surface area (Å²) in [6.45, 7) is 2.72. The van der Waals surface area contributed by atoms with Crippen LogP contribution in [0, 0.1) is 5.82 Å². The maximum atomic E-state index is 14.1. The Kier molecular flexibility index (Phi) is 3.55. The molecule has 0 aliphatic rings. The van der Waals surface area contributed by atoms with Gasteiger partial charge < -0.3 is 9.67 Å². The van der Waals surface area contributed by atoms with Gasteiger partial charge in [0.15, 0.2) is 0 Å². The highest BCUT2D eigenvalue weighted by molar-refractivity contribution is 6.31. The SMILES string of the molecule is CCCn1c(-c2c(O)cccc2F)nc2cc(Cl)ccc21. The first kappa shape index (κ1) is 13.9. The molecule has 0 aliphatic heterocycles. The maximum Gasteiger partial charge on any atom is 0.147 e. The number of hydrogen-bond donors (Lipinski definition) is 1. The first-order valence-corrected chi connectivity index (χ1v) is 7.13. The largest absolute Gasteiger partial charge is 0.507 e. The lowest BCUT2D eigenvalue weighted by Crippen LogP contribution is -2.01. The summed E-state index contributed by atoms with van der Waals surface area (Å²) in [4.78, 5) is 4.46. The lowest BCUT2D eigenvalue weighted by atomic mass is 10.1. The lowest BCUT2D eigenvalue weighted by Gasteiger charge is -2.09. The van der Waals surface area contributed by atoms with Crippen LogP contribution < -0.4 is 0 Å². The first-order valence-electron chi connectivity index (χ1n) is 6.75. The third kappa shape index (κ3) is 2.36. The van der Waals surface area contributed by atoms with Crippen molar-refractivity contribution in [1.82, 2.24) is 9.55 Å². The Hall–Kier alpha value is -2.07. The number of phenolic OH excluding ortho intramolecular Hbond substituents is 1. The molecular formula is C16H14ClFN2O. The number of imidazole rings is 1. The van der Waals surface area contributed by atoms with Gasteiger partial charge in [-0.3, -0.25) is 0 Å². The first-order chi connectivity index (χ1) is 10.1. The Labute approximate surface area is 126 Å². The summed E-state index contributed by atoms with van der Waals surface area (Å²) >= 11 is 5.99. The van der Waals surface area contributed by atoms with Gasteiger partial charge in [0, 0.05) is 11.6 Å². The highest BCUT2D eigenvalue weighted by Crippen LogP contribution is 2.34. The molecule has 0 radical (unpaired) electrons. The Morgan fingerprint density at radius 2 is 2.10 bits per heavy atom. The summed E-state index contributed by atoms with van der Waals surface area (Å²) in [5.74, 6) is -0.188. The zero-order chi connectivity index (χ0) is 15.0. The second-order valence-corrected chi connectivity index (χ2v) is 5.29. The van der Waals surface area contributed by atoms with E-state index >= 15 is 0 Å². The molecule has 0 bridgehead atoms. The Morgan fingerprint density at radius 1 is 1.29 bits per heavy atom. The smallest absolute Gasteiger partial charge is 0.147 e. The minimum Gasteiger partial charge on any atom is -0.507 e. The topological polar surface area (TPSA) is 38.0 Å². The quantitative estimate of drug-likeness (QED) is 0.767. The predicted octanol–water partition coefficient (Wildman–Crippen LogP) is 4.61. The Bertz CT molecular complexity index is 793. The van der Waals surface area contributed by atoms with Crippen molar-refractivity contribution < 1.29 is 9.50 Å². The Balaban J connectivity index is 2.33. The number of rotatable bonds is 3. The minimum absolute atomic E-state index is 0.117. The molecule has 3 rings (SSSR count). The third-order valence-electron chi connectivity index (χ3n) is 3.37. The molecule has 0 amide bonds. The third-order valence-corrected chi connectivity index (χ3v) is 3.61. The van der Waals surface area contributed by atoms with E-state index in [9.17, 15) is 9.50 Å². The van der Waals surface area contributed by atoms with Crippen molar-refractivity contribution >= 4 is 22.6 Å². The van der Waals surface area contributed by atoms with E-state index in [0.717, 1.165) is 11.9 Å². The van der Waals surface area contributed by atoms with E-state index in [-0.39, 0.29) is 11.3 Å². The Morgan fingerprint density at radius 3 is 2.81 bits per heavy atom.